The van der Waals surface area contributed by atoms with E-state index in [1.807, 2.05) is 0 Å². The maximum Gasteiger partial charge on any atom is 0.318 e. The molecule has 25 heavy (non-hydrogen) atoms. The van der Waals surface area contributed by atoms with Crippen molar-refractivity contribution in [3.05, 3.63) is 53.6 Å². The summed E-state index contributed by atoms with van der Waals surface area (Å²) in [6, 6.07) is 13.3. The lowest BCUT2D eigenvalue weighted by Crippen LogP contribution is -2.24. The van der Waals surface area contributed by atoms with Crippen molar-refractivity contribution < 1.29 is 9.59 Å². The van der Waals surface area contributed by atoms with Crippen LogP contribution in [0.15, 0.2) is 47.4 Å². The number of nitrogens with one attached hydrogen (secondary N) is 3. The van der Waals surface area contributed by atoms with E-state index < -0.39 is 0 Å². The van der Waals surface area contributed by atoms with Crippen LogP contribution in [0.2, 0.25) is 0 Å². The van der Waals surface area contributed by atoms with Gasteiger partial charge < -0.3 is 16.0 Å². The van der Waals surface area contributed by atoms with Crippen LogP contribution in [0.25, 0.3) is 0 Å². The molecule has 1 aliphatic rings. The number of thioether (sulfide) groups is 1. The van der Waals surface area contributed by atoms with Crippen molar-refractivity contribution in [1.82, 2.24) is 5.32 Å². The average molecular weight is 355 g/mol. The van der Waals surface area contributed by atoms with Gasteiger partial charge in [0.1, 0.15) is 0 Å². The first-order chi connectivity index (χ1) is 12.1. The molecule has 0 atom stereocenters. The Balaban J connectivity index is 1.54. The molecule has 0 radical (unpaired) electrons. The van der Waals surface area contributed by atoms with Crippen molar-refractivity contribution in [2.75, 3.05) is 23.4 Å². The number of carbonyl (C=O) groups is 2. The van der Waals surface area contributed by atoms with Gasteiger partial charge in [-0.25, -0.2) is 4.79 Å². The number of rotatable bonds is 5. The fourth-order valence-electron chi connectivity index (χ4n) is 2.85. The van der Waals surface area contributed by atoms with E-state index in [1.165, 1.54) is 24.0 Å². The summed E-state index contributed by atoms with van der Waals surface area (Å²) in [6.45, 7) is 0. The van der Waals surface area contributed by atoms with E-state index in [9.17, 15) is 9.59 Å². The molecular weight excluding hydrogens is 334 g/mol. The highest BCUT2D eigenvalue weighted by Gasteiger charge is 2.12. The Bertz CT molecular complexity index is 792. The number of aryl methyl sites for hydroxylation is 2. The van der Waals surface area contributed by atoms with Gasteiger partial charge in [0.2, 0.25) is 5.91 Å². The second-order valence-corrected chi connectivity index (χ2v) is 6.95. The maximum absolute atomic E-state index is 12.2. The van der Waals surface area contributed by atoms with Crippen LogP contribution >= 0.6 is 11.8 Å². The smallest absolute Gasteiger partial charge is 0.318 e. The van der Waals surface area contributed by atoms with Gasteiger partial charge in [0.25, 0.3) is 0 Å². The van der Waals surface area contributed by atoms with E-state index >= 15 is 0 Å². The molecule has 3 amide bonds. The Morgan fingerprint density at radius 3 is 2.56 bits per heavy atom. The Morgan fingerprint density at radius 1 is 1.00 bits per heavy atom. The first-order valence-electron chi connectivity index (χ1n) is 8.27. The zero-order valence-electron chi connectivity index (χ0n) is 14.1. The first kappa shape index (κ1) is 17.4. The number of hydrogen-bond donors (Lipinski definition) is 3. The Labute approximate surface area is 151 Å². The van der Waals surface area contributed by atoms with Gasteiger partial charge in [-0.15, -0.1) is 11.8 Å². The van der Waals surface area contributed by atoms with E-state index in [2.05, 4.69) is 34.1 Å². The Kier molecular flexibility index (Phi) is 5.60. The second kappa shape index (κ2) is 8.07. The largest absolute Gasteiger partial charge is 0.341 e. The fraction of sp³-hybridized carbons (Fsp3) is 0.263. The van der Waals surface area contributed by atoms with Gasteiger partial charge in [-0.1, -0.05) is 12.1 Å². The summed E-state index contributed by atoms with van der Waals surface area (Å²) >= 11 is 1.54. The highest BCUT2D eigenvalue weighted by Crippen LogP contribution is 2.27. The predicted octanol–water partition coefficient (Wildman–Crippen LogP) is 3.66. The van der Waals surface area contributed by atoms with Crippen molar-refractivity contribution in [2.24, 2.45) is 0 Å². The second-order valence-electron chi connectivity index (χ2n) is 5.91. The predicted molar refractivity (Wildman–Crippen MR) is 102 cm³/mol. The Hall–Kier alpha value is -2.47. The lowest BCUT2D eigenvalue weighted by Gasteiger charge is -2.09. The van der Waals surface area contributed by atoms with Crippen LogP contribution in [-0.2, 0) is 17.6 Å². The molecule has 0 aromatic heterocycles. The molecule has 3 rings (SSSR count). The van der Waals surface area contributed by atoms with Crippen LogP contribution in [0.4, 0.5) is 16.2 Å². The molecular formula is C19H21N3O2S. The molecule has 2 aromatic rings. The van der Waals surface area contributed by atoms with Gasteiger partial charge in [0.05, 0.1) is 5.75 Å². The molecule has 0 spiro atoms. The summed E-state index contributed by atoms with van der Waals surface area (Å²) in [5.41, 5.74) is 4.14. The van der Waals surface area contributed by atoms with Crippen LogP contribution in [0.3, 0.4) is 0 Å². The molecule has 0 saturated carbocycles. The quantitative estimate of drug-likeness (QED) is 0.717. The number of anilines is 2. The monoisotopic (exact) mass is 355 g/mol. The van der Waals surface area contributed by atoms with E-state index in [-0.39, 0.29) is 11.9 Å². The summed E-state index contributed by atoms with van der Waals surface area (Å²) < 4.78 is 0. The van der Waals surface area contributed by atoms with Gasteiger partial charge in [0, 0.05) is 23.3 Å². The van der Waals surface area contributed by atoms with Crippen LogP contribution in [0.1, 0.15) is 17.5 Å². The van der Waals surface area contributed by atoms with E-state index in [4.69, 9.17) is 0 Å². The molecule has 0 unspecified atom stereocenters. The number of fused-ring (bicyclic) bond motifs is 1. The number of amides is 3. The van der Waals surface area contributed by atoms with Crippen molar-refractivity contribution in [3.63, 3.8) is 0 Å². The summed E-state index contributed by atoms with van der Waals surface area (Å²) in [4.78, 5) is 24.6. The average Bonchev–Trinajstić information content (AvgIpc) is 3.08. The number of benzene rings is 2. The van der Waals surface area contributed by atoms with Gasteiger partial charge in [-0.2, -0.15) is 0 Å². The molecule has 6 heteroatoms. The topological polar surface area (TPSA) is 70.2 Å². The van der Waals surface area contributed by atoms with Crippen LogP contribution in [0, 0.1) is 0 Å². The third kappa shape index (κ3) is 4.76. The third-order valence-electron chi connectivity index (χ3n) is 4.07. The molecule has 1 aliphatic carbocycles. The molecule has 0 fully saturated rings. The van der Waals surface area contributed by atoms with Gasteiger partial charge in [0.15, 0.2) is 0 Å². The lowest BCUT2D eigenvalue weighted by atomic mass is 10.1. The van der Waals surface area contributed by atoms with Crippen molar-refractivity contribution in [3.8, 4) is 0 Å². The maximum atomic E-state index is 12.2. The van der Waals surface area contributed by atoms with Gasteiger partial charge in [-0.05, 0) is 60.7 Å². The summed E-state index contributed by atoms with van der Waals surface area (Å²) in [5, 5.41) is 8.03. The van der Waals surface area contributed by atoms with E-state index in [0.717, 1.165) is 11.3 Å². The van der Waals surface area contributed by atoms with Crippen LogP contribution in [0.5, 0.6) is 0 Å². The highest BCUT2D eigenvalue weighted by atomic mass is 32.2. The normalized spacial score (nSPS) is 12.4. The van der Waals surface area contributed by atoms with E-state index in [0.29, 0.717) is 17.1 Å². The van der Waals surface area contributed by atoms with Gasteiger partial charge in [-0.3, -0.25) is 4.79 Å². The van der Waals surface area contributed by atoms with Gasteiger partial charge >= 0.3 is 6.03 Å². The van der Waals surface area contributed by atoms with Crippen LogP contribution in [-0.4, -0.2) is 24.7 Å². The summed E-state index contributed by atoms with van der Waals surface area (Å²) in [7, 11) is 1.55. The molecule has 0 heterocycles. The first-order valence-corrected chi connectivity index (χ1v) is 9.26. The van der Waals surface area contributed by atoms with E-state index in [1.54, 1.807) is 43.1 Å². The molecule has 3 N–H and O–H groups in total. The lowest BCUT2D eigenvalue weighted by molar-refractivity contribution is -0.113. The molecule has 0 aliphatic heterocycles. The molecule has 0 saturated heterocycles. The summed E-state index contributed by atoms with van der Waals surface area (Å²) in [5.74, 6) is 0.286. The number of carbonyl (C=O) groups excluding carboxylic acids is 2. The highest BCUT2D eigenvalue weighted by molar-refractivity contribution is 8.00. The number of urea groups is 1. The minimum Gasteiger partial charge on any atom is -0.341 e. The summed E-state index contributed by atoms with van der Waals surface area (Å²) in [6.07, 6.45) is 3.53. The zero-order valence-corrected chi connectivity index (χ0v) is 14.9. The standard InChI is InChI=1S/C19H21N3O2S/c1-20-19(24)22-16-7-3-6-15(11-16)21-18(23)12-25-17-9-8-13-4-2-5-14(13)10-17/h3,6-11H,2,4-5,12H2,1H3,(H,21,23)(H2,20,22,24). The zero-order chi connectivity index (χ0) is 17.6. The molecule has 5 nitrogen and oxygen atoms in total. The fourth-order valence-corrected chi connectivity index (χ4v) is 3.61. The minimum absolute atomic E-state index is 0.0670. The van der Waals surface area contributed by atoms with Crippen LogP contribution < -0.4 is 16.0 Å². The minimum atomic E-state index is -0.296. The SMILES string of the molecule is CNC(=O)Nc1cccc(NC(=O)CSc2ccc3c(c2)CCC3)c1. The molecule has 130 valence electrons. The Morgan fingerprint density at radius 2 is 1.76 bits per heavy atom. The van der Waals surface area contributed by atoms with Crippen molar-refractivity contribution in [2.45, 2.75) is 24.2 Å². The van der Waals surface area contributed by atoms with Crippen molar-refractivity contribution >= 4 is 35.1 Å². The van der Waals surface area contributed by atoms with Crippen molar-refractivity contribution in [1.29, 1.82) is 0 Å². The third-order valence-corrected chi connectivity index (χ3v) is 5.06. The molecule has 0 bridgehead atoms. The number of hydrogen-bond acceptors (Lipinski definition) is 3. The molecule has 2 aromatic carbocycles.